The molecule has 1 N–H and O–H groups in total. The summed E-state index contributed by atoms with van der Waals surface area (Å²) in [5.41, 5.74) is 2.71. The van der Waals surface area contributed by atoms with E-state index in [-0.39, 0.29) is 52.2 Å². The molecular weight excluding hydrogens is 527 g/mol. The summed E-state index contributed by atoms with van der Waals surface area (Å²) in [6.07, 6.45) is 3.61. The van der Waals surface area contributed by atoms with Crippen molar-refractivity contribution >= 4 is 35.0 Å². The van der Waals surface area contributed by atoms with E-state index in [9.17, 15) is 14.7 Å². The van der Waals surface area contributed by atoms with E-state index in [2.05, 4.69) is 9.97 Å². The number of hydrogen-bond acceptors (Lipinski definition) is 6. The lowest BCUT2D eigenvalue weighted by Crippen LogP contribution is -2.45. The lowest BCUT2D eigenvalue weighted by atomic mass is 9.97. The predicted octanol–water partition coefficient (Wildman–Crippen LogP) is 4.57. The fourth-order valence-electron chi connectivity index (χ4n) is 5.17. The van der Waals surface area contributed by atoms with Crippen LogP contribution in [0.2, 0.25) is 10.0 Å². The highest BCUT2D eigenvalue weighted by molar-refractivity contribution is 6.42. The third kappa shape index (κ3) is 4.57. The molecule has 1 unspecified atom stereocenters. The first-order chi connectivity index (χ1) is 17.9. The molecule has 0 aromatic carbocycles. The molecule has 0 saturated carbocycles. The molecule has 9 nitrogen and oxygen atoms in total. The zero-order chi connectivity index (χ0) is 27.5. The summed E-state index contributed by atoms with van der Waals surface area (Å²) in [6.45, 7) is 10.1. The van der Waals surface area contributed by atoms with E-state index in [4.69, 9.17) is 28.3 Å². The highest BCUT2D eigenvalue weighted by atomic mass is 35.5. The van der Waals surface area contributed by atoms with Crippen LogP contribution in [0.15, 0.2) is 30.6 Å². The Kier molecular flexibility index (Phi) is 6.74. The van der Waals surface area contributed by atoms with Gasteiger partial charge in [-0.25, -0.2) is 4.98 Å². The van der Waals surface area contributed by atoms with Crippen LogP contribution in [-0.2, 0) is 18.6 Å². The van der Waals surface area contributed by atoms with Crippen LogP contribution in [-0.4, -0.2) is 59.1 Å². The van der Waals surface area contributed by atoms with E-state index in [0.29, 0.717) is 24.4 Å². The van der Waals surface area contributed by atoms with Gasteiger partial charge < -0.3 is 14.9 Å². The zero-order valence-corrected chi connectivity index (χ0v) is 23.5. The van der Waals surface area contributed by atoms with Crippen LogP contribution in [0.25, 0.3) is 0 Å². The molecule has 38 heavy (non-hydrogen) atoms. The summed E-state index contributed by atoms with van der Waals surface area (Å²) in [6, 6.07) is 4.73. The van der Waals surface area contributed by atoms with E-state index in [1.165, 1.54) is 12.3 Å². The van der Waals surface area contributed by atoms with Crippen molar-refractivity contribution in [3.8, 4) is 0 Å². The summed E-state index contributed by atoms with van der Waals surface area (Å²) in [7, 11) is 0. The maximum Gasteiger partial charge on any atom is 0.273 e. The van der Waals surface area contributed by atoms with Gasteiger partial charge in [-0.15, -0.1) is 0 Å². The van der Waals surface area contributed by atoms with Crippen LogP contribution in [0.4, 0.5) is 0 Å². The van der Waals surface area contributed by atoms with Gasteiger partial charge in [0.05, 0.1) is 40.1 Å². The van der Waals surface area contributed by atoms with Crippen molar-refractivity contribution in [2.24, 2.45) is 0 Å². The highest BCUT2D eigenvalue weighted by Crippen LogP contribution is 2.35. The van der Waals surface area contributed by atoms with Crippen LogP contribution in [0, 0.1) is 0 Å². The van der Waals surface area contributed by atoms with Crippen LogP contribution in [0.5, 0.6) is 0 Å². The smallest absolute Gasteiger partial charge is 0.273 e. The maximum atomic E-state index is 13.9. The predicted molar refractivity (Wildman–Crippen MR) is 143 cm³/mol. The van der Waals surface area contributed by atoms with E-state index in [1.54, 1.807) is 31.0 Å². The Morgan fingerprint density at radius 3 is 2.50 bits per heavy atom. The fraction of sp³-hybridized carbons (Fsp3) is 0.444. The number of pyridine rings is 2. The van der Waals surface area contributed by atoms with Gasteiger partial charge in [-0.2, -0.15) is 5.10 Å². The molecule has 0 aliphatic carbocycles. The minimum absolute atomic E-state index is 0.0458. The zero-order valence-electron chi connectivity index (χ0n) is 21.9. The standard InChI is InChI=1S/C27H30Cl2N6O3/c1-14-8-21-18(13-33(14)25(36)22-9-19(28)20(29)11-30-22)24-26(37)34(12-15(2)35(24)32-21)16(3)17-6-7-23(31-10-17)27(4,5)38/h6-7,9-11,14-16,38H,8,12-13H2,1-5H3/t14-,15-,16?/m1/s1. The molecule has 11 heteroatoms. The molecule has 2 amide bonds. The van der Waals surface area contributed by atoms with Crippen molar-refractivity contribution in [2.45, 2.75) is 71.3 Å². The van der Waals surface area contributed by atoms with Gasteiger partial charge >= 0.3 is 0 Å². The second-order valence-corrected chi connectivity index (χ2v) is 11.5. The fourth-order valence-corrected chi connectivity index (χ4v) is 5.42. The Balaban J connectivity index is 1.45. The second-order valence-electron chi connectivity index (χ2n) is 10.7. The first kappa shape index (κ1) is 26.6. The molecule has 0 fully saturated rings. The first-order valence-corrected chi connectivity index (χ1v) is 13.3. The molecule has 3 atom stereocenters. The molecule has 5 rings (SSSR count). The molecule has 0 spiro atoms. The number of fused-ring (bicyclic) bond motifs is 3. The Morgan fingerprint density at radius 2 is 1.87 bits per heavy atom. The number of amides is 2. The average molecular weight is 557 g/mol. The van der Waals surface area contributed by atoms with E-state index >= 15 is 0 Å². The van der Waals surface area contributed by atoms with E-state index < -0.39 is 5.60 Å². The summed E-state index contributed by atoms with van der Waals surface area (Å²) < 4.78 is 1.81. The molecule has 200 valence electrons. The number of carbonyl (C=O) groups excluding carboxylic acids is 2. The molecular formula is C27H30Cl2N6O3. The van der Waals surface area contributed by atoms with Gasteiger partial charge in [0.1, 0.15) is 17.0 Å². The number of carbonyl (C=O) groups is 2. The topological polar surface area (TPSA) is 104 Å². The summed E-state index contributed by atoms with van der Waals surface area (Å²) in [5.74, 6) is -0.410. The Labute approximate surface area is 231 Å². The number of aromatic nitrogens is 4. The third-order valence-electron chi connectivity index (χ3n) is 7.43. The van der Waals surface area contributed by atoms with Crippen molar-refractivity contribution in [3.05, 3.63) is 74.5 Å². The SMILES string of the molecule is CC(c1ccc(C(C)(C)O)nc1)N1C[C@@H](C)n2nc3c(c2C1=O)CN(C(=O)c1cc(Cl)c(Cl)cn1)[C@H](C)C3. The van der Waals surface area contributed by atoms with Crippen molar-refractivity contribution < 1.29 is 14.7 Å². The van der Waals surface area contributed by atoms with Gasteiger partial charge in [-0.1, -0.05) is 29.3 Å². The molecule has 2 aliphatic rings. The van der Waals surface area contributed by atoms with Crippen LogP contribution >= 0.6 is 23.2 Å². The number of hydrogen-bond donors (Lipinski definition) is 1. The van der Waals surface area contributed by atoms with Crippen LogP contribution in [0.3, 0.4) is 0 Å². The highest BCUT2D eigenvalue weighted by Gasteiger charge is 2.40. The molecule has 0 saturated heterocycles. The van der Waals surface area contributed by atoms with Crippen LogP contribution < -0.4 is 0 Å². The molecule has 0 bridgehead atoms. The minimum Gasteiger partial charge on any atom is -0.384 e. The maximum absolute atomic E-state index is 13.9. The van der Waals surface area contributed by atoms with E-state index in [0.717, 1.165) is 16.8 Å². The Morgan fingerprint density at radius 1 is 1.13 bits per heavy atom. The quantitative estimate of drug-likeness (QED) is 0.504. The minimum atomic E-state index is -1.05. The van der Waals surface area contributed by atoms with E-state index in [1.807, 2.05) is 36.4 Å². The lowest BCUT2D eigenvalue weighted by Gasteiger charge is -2.37. The number of rotatable bonds is 4. The molecule has 3 aromatic rings. The Bertz CT molecular complexity index is 1420. The van der Waals surface area contributed by atoms with Gasteiger partial charge in [-0.05, 0) is 52.3 Å². The first-order valence-electron chi connectivity index (χ1n) is 12.6. The average Bonchev–Trinajstić information content (AvgIpc) is 3.25. The summed E-state index contributed by atoms with van der Waals surface area (Å²) in [5, 5.41) is 15.6. The van der Waals surface area contributed by atoms with Gasteiger partial charge in [0, 0.05) is 37.0 Å². The van der Waals surface area contributed by atoms with Crippen molar-refractivity contribution in [3.63, 3.8) is 0 Å². The molecule has 0 radical (unpaired) electrons. The Hall–Kier alpha value is -3.01. The van der Waals surface area contributed by atoms with Gasteiger partial charge in [0.15, 0.2) is 0 Å². The summed E-state index contributed by atoms with van der Waals surface area (Å²) in [4.78, 5) is 39.4. The third-order valence-corrected chi connectivity index (χ3v) is 8.15. The van der Waals surface area contributed by atoms with Gasteiger partial charge in [-0.3, -0.25) is 19.3 Å². The molecule has 3 aromatic heterocycles. The van der Waals surface area contributed by atoms with Gasteiger partial charge in [0.2, 0.25) is 0 Å². The largest absolute Gasteiger partial charge is 0.384 e. The lowest BCUT2D eigenvalue weighted by molar-refractivity contribution is 0.0571. The van der Waals surface area contributed by atoms with Crippen molar-refractivity contribution in [2.75, 3.05) is 6.54 Å². The summed E-state index contributed by atoms with van der Waals surface area (Å²) >= 11 is 12.1. The normalized spacial score (nSPS) is 20.3. The number of nitrogens with zero attached hydrogens (tertiary/aromatic N) is 6. The molecule has 2 aliphatic heterocycles. The van der Waals surface area contributed by atoms with Crippen molar-refractivity contribution in [1.82, 2.24) is 29.5 Å². The van der Waals surface area contributed by atoms with Gasteiger partial charge in [0.25, 0.3) is 11.8 Å². The van der Waals surface area contributed by atoms with Crippen molar-refractivity contribution in [1.29, 1.82) is 0 Å². The number of halogens is 2. The second kappa shape index (κ2) is 9.63. The monoisotopic (exact) mass is 556 g/mol. The molecule has 5 heterocycles. The number of aliphatic hydroxyl groups is 1. The van der Waals surface area contributed by atoms with Crippen LogP contribution in [0.1, 0.15) is 90.2 Å².